The molecular formula is C11H23NO3. The molecule has 0 aromatic heterocycles. The first-order valence-corrected chi connectivity index (χ1v) is 5.72. The number of nitrogens with one attached hydrogen (secondary N) is 1. The van der Waals surface area contributed by atoms with Crippen LogP contribution in [-0.4, -0.2) is 50.2 Å². The third-order valence-corrected chi connectivity index (χ3v) is 3.00. The van der Waals surface area contributed by atoms with E-state index < -0.39 is 5.60 Å². The number of ether oxygens (including phenoxy) is 2. The van der Waals surface area contributed by atoms with Crippen molar-refractivity contribution in [1.82, 2.24) is 5.32 Å². The average Bonchev–Trinajstić information content (AvgIpc) is 2.25. The summed E-state index contributed by atoms with van der Waals surface area (Å²) in [7, 11) is 1.70. The Morgan fingerprint density at radius 2 is 2.13 bits per heavy atom. The van der Waals surface area contributed by atoms with E-state index in [-0.39, 0.29) is 0 Å². The van der Waals surface area contributed by atoms with Gasteiger partial charge >= 0.3 is 0 Å². The van der Waals surface area contributed by atoms with E-state index in [0.29, 0.717) is 32.4 Å². The summed E-state index contributed by atoms with van der Waals surface area (Å²) in [5.74, 6) is 0. The van der Waals surface area contributed by atoms with Crippen molar-refractivity contribution in [1.29, 1.82) is 0 Å². The summed E-state index contributed by atoms with van der Waals surface area (Å²) in [6.07, 6.45) is 2.47. The maximum atomic E-state index is 10.2. The fraction of sp³-hybridized carbons (Fsp3) is 1.00. The number of rotatable bonds is 6. The molecule has 0 spiro atoms. The molecule has 0 bridgehead atoms. The van der Waals surface area contributed by atoms with Crippen LogP contribution in [0.3, 0.4) is 0 Å². The van der Waals surface area contributed by atoms with Gasteiger partial charge in [0.05, 0.1) is 12.2 Å². The minimum atomic E-state index is -0.584. The quantitative estimate of drug-likeness (QED) is 0.682. The molecule has 0 saturated carbocycles. The first kappa shape index (κ1) is 12.9. The zero-order valence-corrected chi connectivity index (χ0v) is 9.79. The topological polar surface area (TPSA) is 50.7 Å². The van der Waals surface area contributed by atoms with E-state index in [1.54, 1.807) is 7.11 Å². The maximum absolute atomic E-state index is 10.2. The van der Waals surface area contributed by atoms with Gasteiger partial charge in [0.1, 0.15) is 0 Å². The van der Waals surface area contributed by atoms with Gasteiger partial charge < -0.3 is 19.9 Å². The minimum absolute atomic E-state index is 0.335. The van der Waals surface area contributed by atoms with Gasteiger partial charge in [-0.25, -0.2) is 0 Å². The van der Waals surface area contributed by atoms with Gasteiger partial charge in [-0.2, -0.15) is 0 Å². The van der Waals surface area contributed by atoms with Crippen molar-refractivity contribution in [3.05, 3.63) is 0 Å². The fourth-order valence-corrected chi connectivity index (χ4v) is 1.78. The van der Waals surface area contributed by atoms with Crippen molar-refractivity contribution in [2.45, 2.75) is 37.8 Å². The van der Waals surface area contributed by atoms with Gasteiger partial charge in [0.2, 0.25) is 0 Å². The second kappa shape index (κ2) is 6.43. The summed E-state index contributed by atoms with van der Waals surface area (Å²) in [5, 5.41) is 13.6. The molecule has 1 unspecified atom stereocenters. The van der Waals surface area contributed by atoms with Crippen molar-refractivity contribution in [3.8, 4) is 0 Å². The van der Waals surface area contributed by atoms with Crippen LogP contribution in [0.5, 0.6) is 0 Å². The summed E-state index contributed by atoms with van der Waals surface area (Å²) in [6.45, 7) is 4.78. The third kappa shape index (κ3) is 4.47. The van der Waals surface area contributed by atoms with E-state index in [1.165, 1.54) is 0 Å². The Hall–Kier alpha value is -0.160. The van der Waals surface area contributed by atoms with Gasteiger partial charge in [0, 0.05) is 45.8 Å². The summed E-state index contributed by atoms with van der Waals surface area (Å²) < 4.78 is 10.3. The van der Waals surface area contributed by atoms with Crippen molar-refractivity contribution < 1.29 is 14.6 Å². The molecular weight excluding hydrogens is 194 g/mol. The first-order chi connectivity index (χ1) is 7.20. The van der Waals surface area contributed by atoms with Gasteiger partial charge in [-0.05, 0) is 6.42 Å². The van der Waals surface area contributed by atoms with Gasteiger partial charge in [-0.1, -0.05) is 6.92 Å². The largest absolute Gasteiger partial charge is 0.388 e. The maximum Gasteiger partial charge on any atom is 0.0815 e. The lowest BCUT2D eigenvalue weighted by Crippen LogP contribution is -2.48. The van der Waals surface area contributed by atoms with Crippen LogP contribution < -0.4 is 5.32 Å². The van der Waals surface area contributed by atoms with Crippen molar-refractivity contribution in [3.63, 3.8) is 0 Å². The average molecular weight is 217 g/mol. The molecule has 1 atom stereocenters. The minimum Gasteiger partial charge on any atom is -0.388 e. The summed E-state index contributed by atoms with van der Waals surface area (Å²) in [5.41, 5.74) is -0.584. The monoisotopic (exact) mass is 217 g/mol. The van der Waals surface area contributed by atoms with Crippen molar-refractivity contribution in [2.75, 3.05) is 33.5 Å². The lowest BCUT2D eigenvalue weighted by molar-refractivity contribution is -0.0636. The summed E-state index contributed by atoms with van der Waals surface area (Å²) in [4.78, 5) is 0. The molecule has 0 aromatic rings. The highest BCUT2D eigenvalue weighted by Gasteiger charge is 2.29. The SMILES string of the molecule is CCC(COC)NCC1(O)CCOCC1. The van der Waals surface area contributed by atoms with Crippen LogP contribution in [-0.2, 0) is 9.47 Å². The summed E-state index contributed by atoms with van der Waals surface area (Å²) in [6, 6.07) is 0.335. The zero-order chi connectivity index (χ0) is 11.1. The third-order valence-electron chi connectivity index (χ3n) is 3.00. The van der Waals surface area contributed by atoms with Crippen LogP contribution in [0.25, 0.3) is 0 Å². The van der Waals surface area contributed by atoms with E-state index in [1.807, 2.05) is 0 Å². The molecule has 1 rings (SSSR count). The molecule has 0 aromatic carbocycles. The molecule has 15 heavy (non-hydrogen) atoms. The molecule has 1 fully saturated rings. The number of hydrogen-bond donors (Lipinski definition) is 2. The Kier molecular flexibility index (Phi) is 5.53. The molecule has 90 valence electrons. The van der Waals surface area contributed by atoms with Crippen LogP contribution >= 0.6 is 0 Å². The Labute approximate surface area is 92.0 Å². The number of methoxy groups -OCH3 is 1. The van der Waals surface area contributed by atoms with Crippen molar-refractivity contribution in [2.24, 2.45) is 0 Å². The number of hydrogen-bond acceptors (Lipinski definition) is 4. The molecule has 1 aliphatic heterocycles. The van der Waals surface area contributed by atoms with Crippen LogP contribution in [0.4, 0.5) is 0 Å². The second-order valence-corrected chi connectivity index (χ2v) is 4.28. The Bertz CT molecular complexity index is 169. The fourth-order valence-electron chi connectivity index (χ4n) is 1.78. The van der Waals surface area contributed by atoms with Crippen LogP contribution in [0.1, 0.15) is 26.2 Å². The zero-order valence-electron chi connectivity index (χ0n) is 9.79. The van der Waals surface area contributed by atoms with Gasteiger partial charge in [0.25, 0.3) is 0 Å². The Balaban J connectivity index is 2.26. The van der Waals surface area contributed by atoms with Gasteiger partial charge in [-0.3, -0.25) is 0 Å². The lowest BCUT2D eigenvalue weighted by atomic mass is 9.94. The predicted molar refractivity (Wildman–Crippen MR) is 59.0 cm³/mol. The van der Waals surface area contributed by atoms with Crippen molar-refractivity contribution >= 4 is 0 Å². The van der Waals surface area contributed by atoms with E-state index in [4.69, 9.17) is 9.47 Å². The molecule has 0 amide bonds. The molecule has 1 heterocycles. The highest BCUT2D eigenvalue weighted by molar-refractivity contribution is 4.84. The molecule has 0 aliphatic carbocycles. The normalized spacial score (nSPS) is 22.6. The van der Waals surface area contributed by atoms with Gasteiger partial charge in [-0.15, -0.1) is 0 Å². The molecule has 4 heteroatoms. The highest BCUT2D eigenvalue weighted by Crippen LogP contribution is 2.19. The van der Waals surface area contributed by atoms with E-state index >= 15 is 0 Å². The molecule has 1 aliphatic rings. The van der Waals surface area contributed by atoms with Crippen LogP contribution in [0.15, 0.2) is 0 Å². The van der Waals surface area contributed by atoms with Gasteiger partial charge in [0.15, 0.2) is 0 Å². The Morgan fingerprint density at radius 1 is 1.47 bits per heavy atom. The van der Waals surface area contributed by atoms with Crippen LogP contribution in [0, 0.1) is 0 Å². The molecule has 4 nitrogen and oxygen atoms in total. The van der Waals surface area contributed by atoms with E-state index in [2.05, 4.69) is 12.2 Å². The standard InChI is InChI=1S/C11H23NO3/c1-3-10(8-14-2)12-9-11(13)4-6-15-7-5-11/h10,12-13H,3-9H2,1-2H3. The van der Waals surface area contributed by atoms with E-state index in [0.717, 1.165) is 19.3 Å². The Morgan fingerprint density at radius 3 is 2.67 bits per heavy atom. The summed E-state index contributed by atoms with van der Waals surface area (Å²) >= 11 is 0. The smallest absolute Gasteiger partial charge is 0.0815 e. The molecule has 2 N–H and O–H groups in total. The first-order valence-electron chi connectivity index (χ1n) is 5.72. The second-order valence-electron chi connectivity index (χ2n) is 4.28. The predicted octanol–water partition coefficient (Wildman–Crippen LogP) is 0.542. The molecule has 1 saturated heterocycles. The van der Waals surface area contributed by atoms with Crippen LogP contribution in [0.2, 0.25) is 0 Å². The number of aliphatic hydroxyl groups is 1. The lowest BCUT2D eigenvalue weighted by Gasteiger charge is -2.33. The highest BCUT2D eigenvalue weighted by atomic mass is 16.5. The molecule has 0 radical (unpaired) electrons. The van der Waals surface area contributed by atoms with E-state index in [9.17, 15) is 5.11 Å².